The summed E-state index contributed by atoms with van der Waals surface area (Å²) in [5, 5.41) is 10.5. The first-order valence-electron chi connectivity index (χ1n) is 16.1. The first-order chi connectivity index (χ1) is 23.0. The van der Waals surface area contributed by atoms with E-state index in [1.54, 1.807) is 28.4 Å². The number of hydrogen-bond acceptors (Lipinski definition) is 9. The van der Waals surface area contributed by atoms with E-state index in [0.29, 0.717) is 59.0 Å². The van der Waals surface area contributed by atoms with Crippen LogP contribution in [0.3, 0.4) is 0 Å². The van der Waals surface area contributed by atoms with Gasteiger partial charge in [0.25, 0.3) is 0 Å². The largest absolute Gasteiger partial charge is 0.493 e. The zero-order chi connectivity index (χ0) is 32.7. The molecular formula is C38H42N2O7. The van der Waals surface area contributed by atoms with E-state index in [4.69, 9.17) is 28.4 Å². The molecule has 47 heavy (non-hydrogen) atoms. The Kier molecular flexibility index (Phi) is 8.61. The lowest BCUT2D eigenvalue weighted by molar-refractivity contribution is 0.0594. The van der Waals surface area contributed by atoms with Gasteiger partial charge in [-0.15, -0.1) is 0 Å². The smallest absolute Gasteiger partial charge is 0.204 e. The summed E-state index contributed by atoms with van der Waals surface area (Å²) in [5.41, 5.74) is 6.68. The minimum atomic E-state index is -0.162. The Morgan fingerprint density at radius 1 is 0.660 bits per heavy atom. The molecular weight excluding hydrogens is 596 g/mol. The maximum absolute atomic E-state index is 10.5. The lowest BCUT2D eigenvalue weighted by Crippen LogP contribution is -2.37. The Balaban J connectivity index is 1.42. The highest BCUT2D eigenvalue weighted by atomic mass is 16.5. The maximum atomic E-state index is 10.5. The molecule has 0 aliphatic carbocycles. The lowest BCUT2D eigenvalue weighted by atomic mass is 9.87. The third-order valence-electron chi connectivity index (χ3n) is 9.87. The summed E-state index contributed by atoms with van der Waals surface area (Å²) in [6.07, 6.45) is 3.03. The normalized spacial score (nSPS) is 19.0. The molecule has 6 aliphatic heterocycles. The quantitative estimate of drug-likeness (QED) is 0.264. The highest BCUT2D eigenvalue weighted by Gasteiger charge is 2.35. The number of rotatable bonds is 5. The summed E-state index contributed by atoms with van der Waals surface area (Å²) in [6, 6.07) is 20.5. The van der Waals surface area contributed by atoms with Crippen LogP contribution in [-0.2, 0) is 25.7 Å². The molecule has 4 aromatic rings. The second-order valence-corrected chi connectivity index (χ2v) is 12.4. The third kappa shape index (κ3) is 5.62. The van der Waals surface area contributed by atoms with E-state index in [-0.39, 0.29) is 18.8 Å². The molecule has 6 heterocycles. The second kappa shape index (κ2) is 13.0. The van der Waals surface area contributed by atoms with Crippen LogP contribution in [0.25, 0.3) is 0 Å². The minimum absolute atomic E-state index is 0.0502. The van der Waals surface area contributed by atoms with Crippen LogP contribution in [0.2, 0.25) is 0 Å². The average Bonchev–Trinajstić information content (AvgIpc) is 3.10. The minimum Gasteiger partial charge on any atom is -0.493 e. The molecule has 10 rings (SSSR count). The molecule has 0 fully saturated rings. The standard InChI is InChI=1S/C38H42N2O7/c1-39-16-14-25-20-31(42-2)35(44-4)37-33(25)29(39)18-23-6-10-28(11-7-23)47-38-34-26(21-32(43-3)36(38)45-5)15-17-40(22-41)30(34)19-24-8-12-27(46-37)13-9-24/h6-13,20-21,29-30,41H,14-19,22H2,1-5H3/t29-,30+/m0/s1. The summed E-state index contributed by atoms with van der Waals surface area (Å²) in [4.78, 5) is 4.46. The number of benzene rings is 4. The average molecular weight is 639 g/mol. The zero-order valence-electron chi connectivity index (χ0n) is 27.7. The van der Waals surface area contributed by atoms with Gasteiger partial charge in [0.1, 0.15) is 11.5 Å². The van der Waals surface area contributed by atoms with Gasteiger partial charge in [-0.05, 0) is 91.4 Å². The fraction of sp³-hybridized carbons (Fsp3) is 0.368. The van der Waals surface area contributed by atoms with Crippen LogP contribution in [0.15, 0.2) is 60.7 Å². The van der Waals surface area contributed by atoms with Gasteiger partial charge in [-0.2, -0.15) is 0 Å². The predicted molar refractivity (Wildman–Crippen MR) is 179 cm³/mol. The topological polar surface area (TPSA) is 82.1 Å². The van der Waals surface area contributed by atoms with Gasteiger partial charge in [0.05, 0.1) is 35.2 Å². The van der Waals surface area contributed by atoms with Crippen LogP contribution in [0.5, 0.6) is 46.0 Å². The van der Waals surface area contributed by atoms with Crippen LogP contribution < -0.4 is 28.4 Å². The molecule has 6 aliphatic rings. The maximum Gasteiger partial charge on any atom is 0.204 e. The number of nitrogens with zero attached hydrogens (tertiary/aromatic N) is 2. The van der Waals surface area contributed by atoms with Gasteiger partial charge in [-0.3, -0.25) is 9.80 Å². The Hall–Kier alpha value is -4.44. The second-order valence-electron chi connectivity index (χ2n) is 12.4. The number of aliphatic hydroxyl groups excluding tert-OH is 1. The SMILES string of the molecule is COc1cc2c3c(c1OC)Oc1ccc(cc1)C[C@H]1c4c(cc(OC)c(OC)c4Oc4ccc(cc4)C[C@H]3N(CO)CC2)CCN1C. The molecule has 1 N–H and O–H groups in total. The van der Waals surface area contributed by atoms with Crippen molar-refractivity contribution in [3.8, 4) is 46.0 Å². The zero-order valence-corrected chi connectivity index (χ0v) is 27.7. The number of likely N-dealkylation sites (N-methyl/N-ethyl adjacent to an activating group) is 1. The van der Waals surface area contributed by atoms with Crippen LogP contribution in [0.4, 0.5) is 0 Å². The van der Waals surface area contributed by atoms with Crippen molar-refractivity contribution in [1.29, 1.82) is 0 Å². The molecule has 0 unspecified atom stereocenters. The molecule has 4 aromatic carbocycles. The Morgan fingerprint density at radius 2 is 1.13 bits per heavy atom. The number of methoxy groups -OCH3 is 4. The van der Waals surface area contributed by atoms with Crippen molar-refractivity contribution in [2.45, 2.75) is 37.8 Å². The first kappa shape index (κ1) is 31.2. The van der Waals surface area contributed by atoms with Gasteiger partial charge in [-0.25, -0.2) is 0 Å². The molecule has 0 amide bonds. The molecule has 0 aromatic heterocycles. The van der Waals surface area contributed by atoms with Gasteiger partial charge < -0.3 is 33.5 Å². The summed E-state index contributed by atoms with van der Waals surface area (Å²) < 4.78 is 36.9. The van der Waals surface area contributed by atoms with Crippen molar-refractivity contribution in [1.82, 2.24) is 9.80 Å². The van der Waals surface area contributed by atoms with Crippen molar-refractivity contribution in [3.05, 3.63) is 94.0 Å². The lowest BCUT2D eigenvalue weighted by Gasteiger charge is -2.38. The van der Waals surface area contributed by atoms with Crippen LogP contribution in [-0.4, -0.2) is 70.2 Å². The summed E-state index contributed by atoms with van der Waals surface area (Å²) in [5.74, 6) is 5.11. The summed E-state index contributed by atoms with van der Waals surface area (Å²) >= 11 is 0. The van der Waals surface area contributed by atoms with Gasteiger partial charge in [0.2, 0.25) is 11.5 Å². The molecule has 2 atom stereocenters. The highest BCUT2D eigenvalue weighted by Crippen LogP contribution is 2.52. The molecule has 0 saturated carbocycles. The fourth-order valence-electron chi connectivity index (χ4n) is 7.40. The molecule has 9 nitrogen and oxygen atoms in total. The van der Waals surface area contributed by atoms with E-state index >= 15 is 0 Å². The van der Waals surface area contributed by atoms with E-state index < -0.39 is 0 Å². The monoisotopic (exact) mass is 638 g/mol. The molecule has 0 radical (unpaired) electrons. The number of aliphatic hydroxyl groups is 1. The van der Waals surface area contributed by atoms with Crippen LogP contribution in [0, 0.1) is 0 Å². The van der Waals surface area contributed by atoms with Crippen LogP contribution >= 0.6 is 0 Å². The molecule has 4 bridgehead atoms. The van der Waals surface area contributed by atoms with E-state index in [1.165, 1.54) is 5.56 Å². The Morgan fingerprint density at radius 3 is 1.60 bits per heavy atom. The van der Waals surface area contributed by atoms with E-state index in [1.807, 2.05) is 30.3 Å². The molecule has 0 spiro atoms. The molecule has 9 heteroatoms. The van der Waals surface area contributed by atoms with Gasteiger partial charge in [-0.1, -0.05) is 24.3 Å². The van der Waals surface area contributed by atoms with Crippen molar-refractivity contribution < 1.29 is 33.5 Å². The molecule has 246 valence electrons. The van der Waals surface area contributed by atoms with E-state index in [9.17, 15) is 5.11 Å². The van der Waals surface area contributed by atoms with Crippen molar-refractivity contribution in [2.75, 3.05) is 55.3 Å². The highest BCUT2D eigenvalue weighted by molar-refractivity contribution is 5.64. The Labute approximate surface area is 276 Å². The Bertz CT molecular complexity index is 1760. The van der Waals surface area contributed by atoms with Crippen molar-refractivity contribution in [3.63, 3.8) is 0 Å². The van der Waals surface area contributed by atoms with Gasteiger partial charge in [0.15, 0.2) is 23.0 Å². The summed E-state index contributed by atoms with van der Waals surface area (Å²) in [7, 11) is 8.77. The van der Waals surface area contributed by atoms with E-state index in [0.717, 1.165) is 53.6 Å². The van der Waals surface area contributed by atoms with Gasteiger partial charge >= 0.3 is 0 Å². The number of ether oxygens (including phenoxy) is 6. The van der Waals surface area contributed by atoms with Crippen molar-refractivity contribution >= 4 is 0 Å². The van der Waals surface area contributed by atoms with E-state index in [2.05, 4.69) is 47.2 Å². The number of hydrogen-bond donors (Lipinski definition) is 1. The van der Waals surface area contributed by atoms with Crippen molar-refractivity contribution in [2.24, 2.45) is 0 Å². The first-order valence-corrected chi connectivity index (χ1v) is 16.1. The van der Waals surface area contributed by atoms with Crippen LogP contribution in [0.1, 0.15) is 45.5 Å². The summed E-state index contributed by atoms with van der Waals surface area (Å²) in [6.45, 7) is 1.54. The van der Waals surface area contributed by atoms with Gasteiger partial charge in [0, 0.05) is 36.3 Å². The molecule has 0 saturated heterocycles. The predicted octanol–water partition coefficient (Wildman–Crippen LogP) is 6.48. The third-order valence-corrected chi connectivity index (χ3v) is 9.87. The fourth-order valence-corrected chi connectivity index (χ4v) is 7.40.